The van der Waals surface area contributed by atoms with Gasteiger partial charge in [0, 0.05) is 31.7 Å². The summed E-state index contributed by atoms with van der Waals surface area (Å²) in [4.78, 5) is 33.2. The van der Waals surface area contributed by atoms with Gasteiger partial charge in [0.25, 0.3) is 5.91 Å². The van der Waals surface area contributed by atoms with Gasteiger partial charge in [-0.25, -0.2) is 9.79 Å². The van der Waals surface area contributed by atoms with Crippen LogP contribution < -0.4 is 4.74 Å². The third kappa shape index (κ3) is 4.33. The summed E-state index contributed by atoms with van der Waals surface area (Å²) < 4.78 is 11.1. The lowest BCUT2D eigenvalue weighted by Crippen LogP contribution is -2.50. The smallest absolute Gasteiger partial charge is 0.409 e. The van der Waals surface area contributed by atoms with Crippen LogP contribution in [0.1, 0.15) is 42.6 Å². The maximum absolute atomic E-state index is 13.1. The Morgan fingerprint density at radius 1 is 1.10 bits per heavy atom. The molecule has 0 unspecified atom stereocenters. The van der Waals surface area contributed by atoms with Crippen molar-refractivity contribution in [3.8, 4) is 11.5 Å². The van der Waals surface area contributed by atoms with Gasteiger partial charge in [-0.2, -0.15) is 0 Å². The van der Waals surface area contributed by atoms with Gasteiger partial charge in [0.2, 0.25) is 0 Å². The van der Waals surface area contributed by atoms with Gasteiger partial charge in [-0.3, -0.25) is 4.79 Å². The number of fused-ring (bicyclic) bond motifs is 2. The van der Waals surface area contributed by atoms with E-state index >= 15 is 0 Å². The van der Waals surface area contributed by atoms with Crippen molar-refractivity contribution in [3.05, 3.63) is 53.6 Å². The molecule has 1 saturated heterocycles. The van der Waals surface area contributed by atoms with Gasteiger partial charge < -0.3 is 19.3 Å². The Morgan fingerprint density at radius 2 is 1.87 bits per heavy atom. The Hall–Kier alpha value is -3.53. The van der Waals surface area contributed by atoms with Gasteiger partial charge in [-0.15, -0.1) is 0 Å². The molecule has 2 aromatic rings. The number of carbonyl (C=O) groups excluding carboxylic acids is 2. The lowest BCUT2D eigenvalue weighted by Gasteiger charge is -2.34. The Morgan fingerprint density at radius 3 is 2.61 bits per heavy atom. The predicted octanol–water partition coefficient (Wildman–Crippen LogP) is 4.23. The van der Waals surface area contributed by atoms with Gasteiger partial charge in [0.1, 0.15) is 11.4 Å². The molecule has 1 fully saturated rings. The number of hydrogen-bond donors (Lipinski definition) is 0. The van der Waals surface area contributed by atoms with E-state index in [1.54, 1.807) is 41.0 Å². The third-order valence-electron chi connectivity index (χ3n) is 5.31. The van der Waals surface area contributed by atoms with E-state index in [2.05, 4.69) is 19.1 Å². The van der Waals surface area contributed by atoms with E-state index in [1.807, 2.05) is 6.07 Å². The second-order valence-corrected chi connectivity index (χ2v) is 7.41. The van der Waals surface area contributed by atoms with Crippen LogP contribution in [0.3, 0.4) is 0 Å². The number of carbonyl (C=O) groups is 2. The highest BCUT2D eigenvalue weighted by molar-refractivity contribution is 6.05. The lowest BCUT2D eigenvalue weighted by molar-refractivity contribution is 0.0570. The quantitative estimate of drug-likeness (QED) is 0.744. The van der Waals surface area contributed by atoms with Crippen molar-refractivity contribution < 1.29 is 19.1 Å². The molecular formula is C24H25N3O4. The van der Waals surface area contributed by atoms with Crippen molar-refractivity contribution in [2.75, 3.05) is 32.8 Å². The molecule has 4 rings (SSSR count). The van der Waals surface area contributed by atoms with Crippen LogP contribution in [0.5, 0.6) is 11.5 Å². The van der Waals surface area contributed by atoms with Gasteiger partial charge in [-0.1, -0.05) is 25.5 Å². The molecule has 2 aliphatic heterocycles. The fourth-order valence-corrected chi connectivity index (χ4v) is 3.73. The molecule has 2 aliphatic rings. The van der Waals surface area contributed by atoms with E-state index in [0.717, 1.165) is 24.1 Å². The molecular weight excluding hydrogens is 394 g/mol. The van der Waals surface area contributed by atoms with Crippen LogP contribution >= 0.6 is 0 Å². The van der Waals surface area contributed by atoms with Crippen LogP contribution in [-0.2, 0) is 4.74 Å². The number of ether oxygens (including phenoxy) is 2. The normalized spacial score (nSPS) is 15.0. The monoisotopic (exact) mass is 419 g/mol. The number of rotatable bonds is 4. The Kier molecular flexibility index (Phi) is 6.08. The van der Waals surface area contributed by atoms with E-state index in [0.29, 0.717) is 55.5 Å². The number of nitrogens with zero attached hydrogens (tertiary/aromatic N) is 3. The molecule has 7 nitrogen and oxygen atoms in total. The number of benzene rings is 1. The molecule has 0 spiro atoms. The summed E-state index contributed by atoms with van der Waals surface area (Å²) in [5.74, 6) is 1.22. The van der Waals surface area contributed by atoms with Crippen molar-refractivity contribution in [2.24, 2.45) is 4.99 Å². The number of amides is 2. The second kappa shape index (κ2) is 9.09. The van der Waals surface area contributed by atoms with E-state index in [4.69, 9.17) is 14.5 Å². The Balaban J connectivity index is 1.55. The Bertz CT molecular complexity index is 1010. The van der Waals surface area contributed by atoms with Crippen molar-refractivity contribution in [2.45, 2.75) is 26.7 Å². The standard InChI is InChI=1S/C24H25N3O4/c1-3-7-19-18-8-5-6-9-21(18)31-22-11-10-17(16-20(22)25-19)23(28)26-12-14-27(15-13-26)24(29)30-4-2/h6,9-11,16H,3-4,7,12-15H2,1-2H3. The first-order valence-electron chi connectivity index (χ1n) is 10.6. The van der Waals surface area contributed by atoms with Crippen molar-refractivity contribution >= 4 is 23.4 Å². The van der Waals surface area contributed by atoms with Crippen molar-refractivity contribution in [1.82, 2.24) is 9.80 Å². The van der Waals surface area contributed by atoms with E-state index in [9.17, 15) is 9.59 Å². The number of aliphatic imine (C=N–C) groups is 1. The minimum atomic E-state index is -0.330. The second-order valence-electron chi connectivity index (χ2n) is 7.41. The van der Waals surface area contributed by atoms with Crippen LogP contribution in [0.25, 0.3) is 0 Å². The molecule has 0 atom stereocenters. The van der Waals surface area contributed by atoms with Crippen molar-refractivity contribution in [3.63, 3.8) is 0 Å². The zero-order chi connectivity index (χ0) is 21.8. The van der Waals surface area contributed by atoms with Crippen LogP contribution in [-0.4, -0.2) is 60.3 Å². The topological polar surface area (TPSA) is 71.4 Å². The summed E-state index contributed by atoms with van der Waals surface area (Å²) in [7, 11) is 0. The highest BCUT2D eigenvalue weighted by Gasteiger charge is 2.26. The van der Waals surface area contributed by atoms with Crippen LogP contribution in [0, 0.1) is 12.1 Å². The first-order valence-corrected chi connectivity index (χ1v) is 10.6. The fourth-order valence-electron chi connectivity index (χ4n) is 3.73. The average molecular weight is 419 g/mol. The van der Waals surface area contributed by atoms with E-state index in [1.165, 1.54) is 0 Å². The van der Waals surface area contributed by atoms with Crippen LogP contribution in [0.4, 0.5) is 10.5 Å². The number of piperazine rings is 1. The van der Waals surface area contributed by atoms with Gasteiger partial charge in [0.05, 0.1) is 17.9 Å². The maximum Gasteiger partial charge on any atom is 0.409 e. The van der Waals surface area contributed by atoms with Crippen LogP contribution in [0.2, 0.25) is 0 Å². The molecule has 2 aromatic carbocycles. The SMILES string of the molecule is CCCC1=Nc2cc(C(=O)N3CCN(C(=O)OCC)CC3)ccc2Oc2ccc#cc21. The number of hydrogen-bond acceptors (Lipinski definition) is 5. The summed E-state index contributed by atoms with van der Waals surface area (Å²) in [5.41, 5.74) is 2.86. The van der Waals surface area contributed by atoms with Crippen molar-refractivity contribution in [1.29, 1.82) is 0 Å². The van der Waals surface area contributed by atoms with E-state index < -0.39 is 0 Å². The molecule has 0 radical (unpaired) electrons. The predicted molar refractivity (Wildman–Crippen MR) is 116 cm³/mol. The third-order valence-corrected chi connectivity index (χ3v) is 5.31. The fraction of sp³-hybridized carbons (Fsp3) is 0.375. The zero-order valence-corrected chi connectivity index (χ0v) is 17.8. The summed E-state index contributed by atoms with van der Waals surface area (Å²) in [5, 5.41) is 0. The average Bonchev–Trinajstić information content (AvgIpc) is 2.95. The summed E-state index contributed by atoms with van der Waals surface area (Å²) in [6.45, 7) is 6.06. The molecule has 0 bridgehead atoms. The maximum atomic E-state index is 13.1. The highest BCUT2D eigenvalue weighted by atomic mass is 16.6. The molecule has 0 aliphatic carbocycles. The summed E-state index contributed by atoms with van der Waals surface area (Å²) in [6.07, 6.45) is 1.38. The van der Waals surface area contributed by atoms with Gasteiger partial charge >= 0.3 is 6.09 Å². The minimum absolute atomic E-state index is 0.0831. The summed E-state index contributed by atoms with van der Waals surface area (Å²) >= 11 is 0. The largest absolute Gasteiger partial charge is 0.454 e. The molecule has 0 aromatic heterocycles. The zero-order valence-electron chi connectivity index (χ0n) is 17.8. The molecule has 0 saturated carbocycles. The minimum Gasteiger partial charge on any atom is -0.454 e. The van der Waals surface area contributed by atoms with Gasteiger partial charge in [-0.05, 0) is 43.7 Å². The van der Waals surface area contributed by atoms with Crippen LogP contribution in [0.15, 0.2) is 35.3 Å². The summed E-state index contributed by atoms with van der Waals surface area (Å²) in [6, 6.07) is 15.0. The molecule has 31 heavy (non-hydrogen) atoms. The Labute approximate surface area is 182 Å². The molecule has 2 heterocycles. The molecule has 7 heteroatoms. The van der Waals surface area contributed by atoms with Gasteiger partial charge in [0.15, 0.2) is 5.75 Å². The molecule has 160 valence electrons. The first kappa shape index (κ1) is 20.7. The van der Waals surface area contributed by atoms with E-state index in [-0.39, 0.29) is 12.0 Å². The first-order chi connectivity index (χ1) is 15.1. The lowest BCUT2D eigenvalue weighted by atomic mass is 10.1. The molecule has 2 amide bonds. The highest BCUT2D eigenvalue weighted by Crippen LogP contribution is 2.38. The molecule has 0 N–H and O–H groups in total.